The van der Waals surface area contributed by atoms with Crippen LogP contribution in [0.2, 0.25) is 0 Å². The molecular weight excluding hydrogens is 346 g/mol. The predicted octanol–water partition coefficient (Wildman–Crippen LogP) is 4.50. The van der Waals surface area contributed by atoms with Crippen LogP contribution in [-0.2, 0) is 6.54 Å². The molecule has 3 heterocycles. The number of halogens is 2. The first-order valence-corrected chi connectivity index (χ1v) is 9.69. The second-order valence-electron chi connectivity index (χ2n) is 7.76. The van der Waals surface area contributed by atoms with Crippen molar-refractivity contribution in [3.05, 3.63) is 54.2 Å². The molecule has 27 heavy (non-hydrogen) atoms. The van der Waals surface area contributed by atoms with Crippen LogP contribution >= 0.6 is 0 Å². The van der Waals surface area contributed by atoms with E-state index in [1.807, 2.05) is 12.3 Å². The average Bonchev–Trinajstić information content (AvgIpc) is 3.37. The molecule has 5 rings (SSSR count). The van der Waals surface area contributed by atoms with Gasteiger partial charge >= 0.3 is 0 Å². The number of anilines is 1. The molecule has 1 aliphatic heterocycles. The molecule has 1 aliphatic carbocycles. The van der Waals surface area contributed by atoms with E-state index in [1.54, 1.807) is 6.20 Å². The number of pyridine rings is 1. The van der Waals surface area contributed by atoms with Crippen molar-refractivity contribution in [1.82, 2.24) is 14.5 Å². The van der Waals surface area contributed by atoms with E-state index >= 15 is 0 Å². The van der Waals surface area contributed by atoms with Gasteiger partial charge in [0.25, 0.3) is 0 Å². The van der Waals surface area contributed by atoms with Crippen LogP contribution in [0.3, 0.4) is 0 Å². The number of hydrogen-bond acceptors (Lipinski definition) is 3. The van der Waals surface area contributed by atoms with E-state index < -0.39 is 11.6 Å². The Labute approximate surface area is 156 Å². The van der Waals surface area contributed by atoms with Crippen LogP contribution in [0.1, 0.15) is 37.4 Å². The molecule has 0 atom stereocenters. The number of rotatable bonds is 4. The molecular formula is C21H22F2N4. The minimum atomic E-state index is -0.608. The van der Waals surface area contributed by atoms with Gasteiger partial charge in [-0.1, -0.05) is 0 Å². The fourth-order valence-electron chi connectivity index (χ4n) is 4.23. The number of aromatic nitrogens is 3. The number of piperidine rings is 1. The Balaban J connectivity index is 1.37. The number of benzene rings is 1. The summed E-state index contributed by atoms with van der Waals surface area (Å²) in [7, 11) is 0. The summed E-state index contributed by atoms with van der Waals surface area (Å²) in [5, 5.41) is 0.545. The molecule has 0 unspecified atom stereocenters. The maximum absolute atomic E-state index is 14.1. The summed E-state index contributed by atoms with van der Waals surface area (Å²) in [5.41, 5.74) is 1.09. The molecule has 0 bridgehead atoms. The standard InChI is InChI=1S/C21H22F2N4/c22-16-11-17-19(3-6-24-20(17)18(23)12-16)26-8-4-15(5-9-26)21-25-7-10-27(21)13-14-1-2-14/h3,6-7,10-12,14-15H,1-2,4-5,8-9,13H2. The highest BCUT2D eigenvalue weighted by Gasteiger charge is 2.28. The maximum Gasteiger partial charge on any atom is 0.152 e. The average molecular weight is 368 g/mol. The van der Waals surface area contributed by atoms with E-state index in [9.17, 15) is 8.78 Å². The molecule has 6 heteroatoms. The Morgan fingerprint density at radius 1 is 1.00 bits per heavy atom. The third kappa shape index (κ3) is 3.17. The van der Waals surface area contributed by atoms with Gasteiger partial charge in [-0.2, -0.15) is 0 Å². The van der Waals surface area contributed by atoms with Gasteiger partial charge in [0.15, 0.2) is 5.82 Å². The monoisotopic (exact) mass is 368 g/mol. The van der Waals surface area contributed by atoms with Crippen molar-refractivity contribution < 1.29 is 8.78 Å². The van der Waals surface area contributed by atoms with Gasteiger partial charge < -0.3 is 9.47 Å². The first-order valence-electron chi connectivity index (χ1n) is 9.69. The van der Waals surface area contributed by atoms with E-state index in [0.717, 1.165) is 50.1 Å². The quantitative estimate of drug-likeness (QED) is 0.680. The van der Waals surface area contributed by atoms with Crippen LogP contribution in [-0.4, -0.2) is 27.6 Å². The van der Waals surface area contributed by atoms with Crippen LogP contribution in [0, 0.1) is 17.6 Å². The van der Waals surface area contributed by atoms with E-state index in [1.165, 1.54) is 24.7 Å². The summed E-state index contributed by atoms with van der Waals surface area (Å²) in [6.07, 6.45) is 10.3. The van der Waals surface area contributed by atoms with Crippen molar-refractivity contribution in [3.63, 3.8) is 0 Å². The van der Waals surface area contributed by atoms with E-state index in [4.69, 9.17) is 0 Å². The second-order valence-corrected chi connectivity index (χ2v) is 7.76. The predicted molar refractivity (Wildman–Crippen MR) is 101 cm³/mol. The zero-order chi connectivity index (χ0) is 18.4. The van der Waals surface area contributed by atoms with E-state index in [0.29, 0.717) is 11.3 Å². The first-order chi connectivity index (χ1) is 13.2. The molecule has 1 saturated carbocycles. The molecule has 2 aliphatic rings. The topological polar surface area (TPSA) is 34.0 Å². The summed E-state index contributed by atoms with van der Waals surface area (Å²) in [4.78, 5) is 10.9. The van der Waals surface area contributed by atoms with Gasteiger partial charge in [0.1, 0.15) is 17.2 Å². The summed E-state index contributed by atoms with van der Waals surface area (Å²) in [5.74, 6) is 1.29. The molecule has 0 spiro atoms. The summed E-state index contributed by atoms with van der Waals surface area (Å²) in [6.45, 7) is 2.78. The van der Waals surface area contributed by atoms with E-state index in [-0.39, 0.29) is 5.52 Å². The smallest absolute Gasteiger partial charge is 0.152 e. The lowest BCUT2D eigenvalue weighted by atomic mass is 9.95. The maximum atomic E-state index is 14.1. The van der Waals surface area contributed by atoms with Crippen LogP contribution in [0.4, 0.5) is 14.5 Å². The highest BCUT2D eigenvalue weighted by Crippen LogP contribution is 2.35. The van der Waals surface area contributed by atoms with Gasteiger partial charge in [-0.05, 0) is 43.7 Å². The molecule has 0 N–H and O–H groups in total. The lowest BCUT2D eigenvalue weighted by Crippen LogP contribution is -2.34. The molecule has 1 aromatic carbocycles. The van der Waals surface area contributed by atoms with Crippen LogP contribution in [0.5, 0.6) is 0 Å². The molecule has 0 radical (unpaired) electrons. The third-order valence-electron chi connectivity index (χ3n) is 5.84. The Kier molecular flexibility index (Phi) is 4.06. The Hall–Kier alpha value is -2.50. The largest absolute Gasteiger partial charge is 0.371 e. The second kappa shape index (κ2) is 6.59. The van der Waals surface area contributed by atoms with Crippen molar-refractivity contribution >= 4 is 16.6 Å². The minimum Gasteiger partial charge on any atom is -0.371 e. The summed E-state index contributed by atoms with van der Waals surface area (Å²) < 4.78 is 30.1. The lowest BCUT2D eigenvalue weighted by Gasteiger charge is -2.34. The van der Waals surface area contributed by atoms with Crippen molar-refractivity contribution in [1.29, 1.82) is 0 Å². The Morgan fingerprint density at radius 3 is 2.59 bits per heavy atom. The Morgan fingerprint density at radius 2 is 1.81 bits per heavy atom. The summed E-state index contributed by atoms with van der Waals surface area (Å²) >= 11 is 0. The van der Waals surface area contributed by atoms with Gasteiger partial charge in [-0.15, -0.1) is 0 Å². The van der Waals surface area contributed by atoms with Crippen molar-refractivity contribution in [3.8, 4) is 0 Å². The highest BCUT2D eigenvalue weighted by molar-refractivity contribution is 5.92. The molecule has 4 nitrogen and oxygen atoms in total. The summed E-state index contributed by atoms with van der Waals surface area (Å²) in [6, 6.07) is 4.13. The van der Waals surface area contributed by atoms with Gasteiger partial charge in [0, 0.05) is 61.3 Å². The van der Waals surface area contributed by atoms with Crippen molar-refractivity contribution in [2.24, 2.45) is 5.92 Å². The Bertz CT molecular complexity index is 971. The number of fused-ring (bicyclic) bond motifs is 1. The molecule has 3 aromatic rings. The van der Waals surface area contributed by atoms with Crippen molar-refractivity contribution in [2.45, 2.75) is 38.1 Å². The van der Waals surface area contributed by atoms with Gasteiger partial charge in [0.2, 0.25) is 0 Å². The third-order valence-corrected chi connectivity index (χ3v) is 5.84. The molecule has 140 valence electrons. The molecule has 1 saturated heterocycles. The fourth-order valence-corrected chi connectivity index (χ4v) is 4.23. The molecule has 2 fully saturated rings. The van der Waals surface area contributed by atoms with Crippen molar-refractivity contribution in [2.75, 3.05) is 18.0 Å². The number of hydrogen-bond donors (Lipinski definition) is 0. The zero-order valence-electron chi connectivity index (χ0n) is 15.1. The number of nitrogens with zero attached hydrogens (tertiary/aromatic N) is 4. The van der Waals surface area contributed by atoms with Crippen LogP contribution < -0.4 is 4.90 Å². The van der Waals surface area contributed by atoms with Gasteiger partial charge in [-0.3, -0.25) is 4.98 Å². The zero-order valence-corrected chi connectivity index (χ0v) is 15.1. The molecule has 2 aromatic heterocycles. The molecule has 0 amide bonds. The lowest BCUT2D eigenvalue weighted by molar-refractivity contribution is 0.458. The highest BCUT2D eigenvalue weighted by atomic mass is 19.1. The van der Waals surface area contributed by atoms with Gasteiger partial charge in [0.05, 0.1) is 0 Å². The van der Waals surface area contributed by atoms with Crippen LogP contribution in [0.15, 0.2) is 36.8 Å². The van der Waals surface area contributed by atoms with Gasteiger partial charge in [-0.25, -0.2) is 13.8 Å². The SMILES string of the molecule is Fc1cc(F)c2nccc(N3CCC(c4nccn4CC4CC4)CC3)c2c1. The minimum absolute atomic E-state index is 0.232. The first kappa shape index (κ1) is 16.7. The fraction of sp³-hybridized carbons (Fsp3) is 0.429. The van der Waals surface area contributed by atoms with E-state index in [2.05, 4.69) is 25.6 Å². The van der Waals surface area contributed by atoms with Crippen LogP contribution in [0.25, 0.3) is 10.9 Å². The number of imidazole rings is 1. The normalized spacial score (nSPS) is 18.4.